The normalized spacial score (nSPS) is 17.4. The molecule has 1 aromatic heterocycles. The molecule has 6 nitrogen and oxygen atoms in total. The maximum absolute atomic E-state index is 12.2. The minimum Gasteiger partial charge on any atom is -0.323 e. The topological polar surface area (TPSA) is 65.5 Å². The third kappa shape index (κ3) is 4.08. The van der Waals surface area contributed by atoms with Crippen molar-refractivity contribution in [1.29, 1.82) is 0 Å². The number of thioether (sulfide) groups is 1. The Balaban J connectivity index is 1.35. The van der Waals surface area contributed by atoms with Crippen LogP contribution in [0.5, 0.6) is 0 Å². The maximum atomic E-state index is 12.2. The van der Waals surface area contributed by atoms with E-state index in [9.17, 15) is 9.59 Å². The molecule has 3 heterocycles. The van der Waals surface area contributed by atoms with E-state index in [2.05, 4.69) is 39.5 Å². The number of nitrogens with zero attached hydrogens (tertiary/aromatic N) is 3. The van der Waals surface area contributed by atoms with Crippen LogP contribution in [0.1, 0.15) is 16.1 Å². The number of carbonyl (C=O) groups excluding carboxylic acids is 2. The standard InChI is InChI=1S/C18H20N4O2S2/c23-16(12-22-8-9-25-18(22)24)20-17-19-14-6-7-21(11-15(14)26-17)10-13-4-2-1-3-5-13/h1-5H,6-12H2,(H,19,20,23). The summed E-state index contributed by atoms with van der Waals surface area (Å²) in [4.78, 5) is 33.5. The highest BCUT2D eigenvalue weighted by atomic mass is 32.2. The van der Waals surface area contributed by atoms with Crippen molar-refractivity contribution >= 4 is 39.4 Å². The first-order chi connectivity index (χ1) is 12.7. The number of benzene rings is 1. The molecule has 2 amide bonds. The van der Waals surface area contributed by atoms with Crippen LogP contribution in [-0.2, 0) is 24.3 Å². The van der Waals surface area contributed by atoms with Crippen LogP contribution in [0.2, 0.25) is 0 Å². The molecule has 0 atom stereocenters. The van der Waals surface area contributed by atoms with Gasteiger partial charge in [0.25, 0.3) is 5.24 Å². The van der Waals surface area contributed by atoms with E-state index in [1.165, 1.54) is 22.2 Å². The summed E-state index contributed by atoms with van der Waals surface area (Å²) in [5, 5.41) is 3.48. The number of thiazole rings is 1. The Hall–Kier alpha value is -1.90. The van der Waals surface area contributed by atoms with Gasteiger partial charge < -0.3 is 10.2 Å². The average Bonchev–Trinajstić information content (AvgIpc) is 3.21. The summed E-state index contributed by atoms with van der Waals surface area (Å²) in [6, 6.07) is 10.4. The number of hydrogen-bond acceptors (Lipinski definition) is 6. The van der Waals surface area contributed by atoms with Crippen molar-refractivity contribution < 1.29 is 9.59 Å². The maximum Gasteiger partial charge on any atom is 0.282 e. The Labute approximate surface area is 160 Å². The molecule has 0 spiro atoms. The fraction of sp³-hybridized carbons (Fsp3) is 0.389. The smallest absolute Gasteiger partial charge is 0.282 e. The number of nitrogens with one attached hydrogen (secondary N) is 1. The zero-order valence-electron chi connectivity index (χ0n) is 14.3. The van der Waals surface area contributed by atoms with Gasteiger partial charge >= 0.3 is 0 Å². The summed E-state index contributed by atoms with van der Waals surface area (Å²) in [6.45, 7) is 3.50. The number of anilines is 1. The molecular weight excluding hydrogens is 368 g/mol. The summed E-state index contributed by atoms with van der Waals surface area (Å²) in [5.41, 5.74) is 2.39. The summed E-state index contributed by atoms with van der Waals surface area (Å²) < 4.78 is 0. The lowest BCUT2D eigenvalue weighted by molar-refractivity contribution is -0.116. The highest BCUT2D eigenvalue weighted by Gasteiger charge is 2.25. The summed E-state index contributed by atoms with van der Waals surface area (Å²) >= 11 is 2.81. The summed E-state index contributed by atoms with van der Waals surface area (Å²) in [5.74, 6) is 0.586. The van der Waals surface area contributed by atoms with Crippen LogP contribution in [-0.4, -0.2) is 51.3 Å². The molecule has 2 aliphatic heterocycles. The first kappa shape index (κ1) is 17.5. The van der Waals surface area contributed by atoms with Gasteiger partial charge in [0.15, 0.2) is 5.13 Å². The van der Waals surface area contributed by atoms with Gasteiger partial charge in [-0.3, -0.25) is 14.5 Å². The second-order valence-electron chi connectivity index (χ2n) is 6.42. The molecule has 8 heteroatoms. The highest BCUT2D eigenvalue weighted by molar-refractivity contribution is 8.13. The quantitative estimate of drug-likeness (QED) is 0.853. The second-order valence-corrected chi connectivity index (χ2v) is 8.55. The van der Waals surface area contributed by atoms with Crippen molar-refractivity contribution in [2.75, 3.05) is 30.7 Å². The van der Waals surface area contributed by atoms with Crippen molar-refractivity contribution in [2.24, 2.45) is 0 Å². The molecule has 26 heavy (non-hydrogen) atoms. The van der Waals surface area contributed by atoms with E-state index < -0.39 is 0 Å². The first-order valence-corrected chi connectivity index (χ1v) is 10.4. The Bertz CT molecular complexity index is 809. The Morgan fingerprint density at radius 1 is 1.23 bits per heavy atom. The Morgan fingerprint density at radius 2 is 2.08 bits per heavy atom. The van der Waals surface area contributed by atoms with Gasteiger partial charge in [-0.25, -0.2) is 4.98 Å². The van der Waals surface area contributed by atoms with Crippen LogP contribution in [0.3, 0.4) is 0 Å². The largest absolute Gasteiger partial charge is 0.323 e. The van der Waals surface area contributed by atoms with Gasteiger partial charge in [-0.15, -0.1) is 11.3 Å². The number of fused-ring (bicyclic) bond motifs is 1. The van der Waals surface area contributed by atoms with Crippen LogP contribution in [0.15, 0.2) is 30.3 Å². The zero-order valence-corrected chi connectivity index (χ0v) is 15.9. The number of aromatic nitrogens is 1. The molecule has 0 radical (unpaired) electrons. The Morgan fingerprint density at radius 3 is 2.85 bits per heavy atom. The highest BCUT2D eigenvalue weighted by Crippen LogP contribution is 2.29. The van der Waals surface area contributed by atoms with Gasteiger partial charge in [0.05, 0.1) is 5.69 Å². The minimum absolute atomic E-state index is 0.0184. The van der Waals surface area contributed by atoms with Gasteiger partial charge in [-0.2, -0.15) is 0 Å². The van der Waals surface area contributed by atoms with Crippen LogP contribution in [0.25, 0.3) is 0 Å². The van der Waals surface area contributed by atoms with Crippen molar-refractivity contribution in [3.05, 3.63) is 46.5 Å². The number of rotatable bonds is 5. The van der Waals surface area contributed by atoms with E-state index in [1.807, 2.05) is 6.07 Å². The van der Waals surface area contributed by atoms with E-state index in [1.54, 1.807) is 16.2 Å². The molecule has 0 bridgehead atoms. The van der Waals surface area contributed by atoms with Crippen LogP contribution in [0, 0.1) is 0 Å². The van der Waals surface area contributed by atoms with Gasteiger partial charge in [0.1, 0.15) is 6.54 Å². The van der Waals surface area contributed by atoms with Crippen LogP contribution < -0.4 is 5.32 Å². The van der Waals surface area contributed by atoms with E-state index >= 15 is 0 Å². The molecule has 136 valence electrons. The van der Waals surface area contributed by atoms with Crippen LogP contribution >= 0.6 is 23.1 Å². The third-order valence-corrected chi connectivity index (χ3v) is 6.37. The van der Waals surface area contributed by atoms with Crippen molar-refractivity contribution in [3.8, 4) is 0 Å². The molecule has 2 aromatic rings. The average molecular weight is 389 g/mol. The lowest BCUT2D eigenvalue weighted by Crippen LogP contribution is -2.33. The fourth-order valence-corrected chi connectivity index (χ4v) is 5.07. The number of hydrogen-bond donors (Lipinski definition) is 1. The van der Waals surface area contributed by atoms with Crippen molar-refractivity contribution in [3.63, 3.8) is 0 Å². The lowest BCUT2D eigenvalue weighted by atomic mass is 10.1. The minimum atomic E-state index is -0.173. The predicted octanol–water partition coefficient (Wildman–Crippen LogP) is 2.81. The monoisotopic (exact) mass is 388 g/mol. The molecule has 1 saturated heterocycles. The van der Waals surface area contributed by atoms with E-state index in [4.69, 9.17) is 0 Å². The number of carbonyl (C=O) groups is 2. The molecule has 2 aliphatic rings. The molecule has 1 N–H and O–H groups in total. The first-order valence-electron chi connectivity index (χ1n) is 8.64. The van der Waals surface area contributed by atoms with Gasteiger partial charge in [0, 0.05) is 43.2 Å². The van der Waals surface area contributed by atoms with Gasteiger partial charge in [-0.1, -0.05) is 42.1 Å². The molecule has 0 saturated carbocycles. The molecule has 0 aliphatic carbocycles. The Kier molecular flexibility index (Phi) is 5.23. The van der Waals surface area contributed by atoms with Crippen molar-refractivity contribution in [1.82, 2.24) is 14.8 Å². The second kappa shape index (κ2) is 7.77. The molecule has 1 fully saturated rings. The predicted molar refractivity (Wildman–Crippen MR) is 104 cm³/mol. The summed E-state index contributed by atoms with van der Waals surface area (Å²) in [7, 11) is 0. The van der Waals surface area contributed by atoms with Crippen molar-refractivity contribution in [2.45, 2.75) is 19.5 Å². The van der Waals surface area contributed by atoms with E-state index in [0.717, 1.165) is 37.5 Å². The van der Waals surface area contributed by atoms with Crippen LogP contribution in [0.4, 0.5) is 9.93 Å². The lowest BCUT2D eigenvalue weighted by Gasteiger charge is -2.25. The third-order valence-electron chi connectivity index (χ3n) is 4.49. The van der Waals surface area contributed by atoms with E-state index in [-0.39, 0.29) is 17.7 Å². The summed E-state index contributed by atoms with van der Waals surface area (Å²) in [6.07, 6.45) is 0.899. The van der Waals surface area contributed by atoms with Gasteiger partial charge in [-0.05, 0) is 5.56 Å². The molecule has 1 aromatic carbocycles. The molecule has 4 rings (SSSR count). The molecule has 0 unspecified atom stereocenters. The van der Waals surface area contributed by atoms with E-state index in [0.29, 0.717) is 11.7 Å². The zero-order chi connectivity index (χ0) is 17.9. The number of amides is 2. The fourth-order valence-electron chi connectivity index (χ4n) is 3.18. The molecular formula is C18H20N4O2S2. The SMILES string of the molecule is O=C(CN1CCSC1=O)Nc1nc2c(s1)CN(Cc1ccccc1)CC2. The van der Waals surface area contributed by atoms with Gasteiger partial charge in [0.2, 0.25) is 5.91 Å².